The Kier molecular flexibility index (Phi) is 4.71. The highest BCUT2D eigenvalue weighted by molar-refractivity contribution is 7.12. The van der Waals surface area contributed by atoms with E-state index in [1.807, 2.05) is 24.3 Å². The van der Waals surface area contributed by atoms with Crippen LogP contribution in [0.3, 0.4) is 0 Å². The van der Waals surface area contributed by atoms with E-state index in [1.54, 1.807) is 0 Å². The molecule has 0 aliphatic rings. The predicted octanol–water partition coefficient (Wildman–Crippen LogP) is 5.04. The van der Waals surface area contributed by atoms with Crippen molar-refractivity contribution in [3.8, 4) is 0 Å². The molecular formula is C17H25NOS. The lowest BCUT2D eigenvalue weighted by Crippen LogP contribution is -2.21. The molecule has 3 heteroatoms. The van der Waals surface area contributed by atoms with Gasteiger partial charge < -0.3 is 9.73 Å². The Bertz CT molecular complexity index is 547. The molecule has 0 radical (unpaired) electrons. The van der Waals surface area contributed by atoms with Gasteiger partial charge in [-0.15, -0.1) is 11.3 Å². The van der Waals surface area contributed by atoms with Crippen molar-refractivity contribution in [2.24, 2.45) is 0 Å². The minimum atomic E-state index is 0.171. The standard InChI is InChI=1S/C17H25NOS/c1-6-11-18-16(13-8-7-12(2)19-13)14-9-10-15(20-14)17(3,4)5/h7-10,16,18H,6,11H2,1-5H3. The van der Waals surface area contributed by atoms with Gasteiger partial charge in [0, 0.05) is 9.75 Å². The molecule has 0 amide bonds. The van der Waals surface area contributed by atoms with E-state index < -0.39 is 0 Å². The molecule has 0 aromatic carbocycles. The first kappa shape index (κ1) is 15.3. The van der Waals surface area contributed by atoms with Crippen LogP contribution in [0.15, 0.2) is 28.7 Å². The van der Waals surface area contributed by atoms with Crippen molar-refractivity contribution < 1.29 is 4.42 Å². The summed E-state index contributed by atoms with van der Waals surface area (Å²) in [5.74, 6) is 1.98. The van der Waals surface area contributed by atoms with Crippen LogP contribution in [0.4, 0.5) is 0 Å². The van der Waals surface area contributed by atoms with Gasteiger partial charge in [0.05, 0.1) is 0 Å². The lowest BCUT2D eigenvalue weighted by Gasteiger charge is -2.17. The van der Waals surface area contributed by atoms with Crippen LogP contribution < -0.4 is 5.32 Å². The number of furan rings is 1. The van der Waals surface area contributed by atoms with Gasteiger partial charge in [0.25, 0.3) is 0 Å². The van der Waals surface area contributed by atoms with E-state index in [-0.39, 0.29) is 11.5 Å². The number of aryl methyl sites for hydroxylation is 1. The molecule has 2 aromatic rings. The van der Waals surface area contributed by atoms with Gasteiger partial charge in [-0.3, -0.25) is 0 Å². The zero-order chi connectivity index (χ0) is 14.8. The molecule has 2 aromatic heterocycles. The van der Waals surface area contributed by atoms with Crippen molar-refractivity contribution >= 4 is 11.3 Å². The molecule has 110 valence electrons. The minimum Gasteiger partial charge on any atom is -0.464 e. The van der Waals surface area contributed by atoms with Crippen molar-refractivity contribution in [2.45, 2.75) is 52.5 Å². The van der Waals surface area contributed by atoms with Gasteiger partial charge in [-0.25, -0.2) is 0 Å². The molecule has 0 fully saturated rings. The van der Waals surface area contributed by atoms with Crippen LogP contribution in [-0.2, 0) is 5.41 Å². The van der Waals surface area contributed by atoms with Crippen molar-refractivity contribution in [2.75, 3.05) is 6.54 Å². The van der Waals surface area contributed by atoms with Crippen LogP contribution in [0, 0.1) is 6.92 Å². The average molecular weight is 291 g/mol. The van der Waals surface area contributed by atoms with E-state index in [0.717, 1.165) is 24.5 Å². The Morgan fingerprint density at radius 1 is 1.20 bits per heavy atom. The molecule has 1 atom stereocenters. The van der Waals surface area contributed by atoms with Gasteiger partial charge in [-0.05, 0) is 49.6 Å². The van der Waals surface area contributed by atoms with Crippen LogP contribution in [-0.4, -0.2) is 6.54 Å². The third-order valence-corrected chi connectivity index (χ3v) is 4.87. The lowest BCUT2D eigenvalue weighted by atomic mass is 9.95. The van der Waals surface area contributed by atoms with Crippen LogP contribution >= 0.6 is 11.3 Å². The molecule has 2 heterocycles. The average Bonchev–Trinajstić information content (AvgIpc) is 2.99. The van der Waals surface area contributed by atoms with E-state index in [0.29, 0.717) is 0 Å². The Balaban J connectivity index is 2.29. The quantitative estimate of drug-likeness (QED) is 0.835. The van der Waals surface area contributed by atoms with Crippen LogP contribution in [0.25, 0.3) is 0 Å². The normalized spacial score (nSPS) is 13.7. The largest absolute Gasteiger partial charge is 0.464 e. The van der Waals surface area contributed by atoms with Gasteiger partial charge in [0.2, 0.25) is 0 Å². The highest BCUT2D eigenvalue weighted by atomic mass is 32.1. The number of rotatable bonds is 5. The van der Waals surface area contributed by atoms with Crippen molar-refractivity contribution in [3.63, 3.8) is 0 Å². The Hall–Kier alpha value is -1.06. The zero-order valence-corrected chi connectivity index (χ0v) is 13.9. The molecule has 1 unspecified atom stereocenters. The summed E-state index contributed by atoms with van der Waals surface area (Å²) in [5.41, 5.74) is 0.206. The fraction of sp³-hybridized carbons (Fsp3) is 0.529. The number of thiophene rings is 1. The van der Waals surface area contributed by atoms with E-state index in [1.165, 1.54) is 9.75 Å². The first-order chi connectivity index (χ1) is 9.41. The van der Waals surface area contributed by atoms with Gasteiger partial charge in [0.15, 0.2) is 0 Å². The molecule has 2 rings (SSSR count). The highest BCUT2D eigenvalue weighted by Crippen LogP contribution is 2.35. The number of hydrogen-bond donors (Lipinski definition) is 1. The van der Waals surface area contributed by atoms with E-state index in [2.05, 4.69) is 51.2 Å². The Morgan fingerprint density at radius 2 is 1.95 bits per heavy atom. The summed E-state index contributed by atoms with van der Waals surface area (Å²) < 4.78 is 5.84. The first-order valence-electron chi connectivity index (χ1n) is 7.31. The lowest BCUT2D eigenvalue weighted by molar-refractivity contribution is 0.433. The summed E-state index contributed by atoms with van der Waals surface area (Å²) >= 11 is 1.88. The van der Waals surface area contributed by atoms with Gasteiger partial charge >= 0.3 is 0 Å². The van der Waals surface area contributed by atoms with Crippen LogP contribution in [0.5, 0.6) is 0 Å². The maximum absolute atomic E-state index is 5.84. The Morgan fingerprint density at radius 3 is 2.45 bits per heavy atom. The third kappa shape index (κ3) is 3.53. The van der Waals surface area contributed by atoms with Crippen LogP contribution in [0.2, 0.25) is 0 Å². The molecule has 0 spiro atoms. The number of nitrogens with one attached hydrogen (secondary N) is 1. The summed E-state index contributed by atoms with van der Waals surface area (Å²) in [6.45, 7) is 11.9. The second-order valence-corrected chi connectivity index (χ2v) is 7.40. The smallest absolute Gasteiger partial charge is 0.126 e. The summed E-state index contributed by atoms with van der Waals surface area (Å²) in [5, 5.41) is 3.60. The Labute approximate surface area is 126 Å². The van der Waals surface area contributed by atoms with Crippen molar-refractivity contribution in [3.05, 3.63) is 45.5 Å². The van der Waals surface area contributed by atoms with Gasteiger partial charge in [0.1, 0.15) is 17.6 Å². The molecule has 0 saturated heterocycles. The summed E-state index contributed by atoms with van der Waals surface area (Å²) in [4.78, 5) is 2.75. The highest BCUT2D eigenvalue weighted by Gasteiger charge is 2.22. The molecule has 1 N–H and O–H groups in total. The molecule has 0 aliphatic carbocycles. The summed E-state index contributed by atoms with van der Waals surface area (Å²) in [6.07, 6.45) is 1.12. The molecule has 0 saturated carbocycles. The number of hydrogen-bond acceptors (Lipinski definition) is 3. The monoisotopic (exact) mass is 291 g/mol. The van der Waals surface area contributed by atoms with E-state index >= 15 is 0 Å². The molecular weight excluding hydrogens is 266 g/mol. The zero-order valence-electron chi connectivity index (χ0n) is 13.1. The second-order valence-electron chi connectivity index (χ2n) is 6.29. The second kappa shape index (κ2) is 6.15. The summed E-state index contributed by atoms with van der Waals surface area (Å²) in [7, 11) is 0. The van der Waals surface area contributed by atoms with Gasteiger partial charge in [-0.1, -0.05) is 27.7 Å². The minimum absolute atomic E-state index is 0.171. The maximum Gasteiger partial charge on any atom is 0.126 e. The molecule has 0 bridgehead atoms. The van der Waals surface area contributed by atoms with E-state index in [4.69, 9.17) is 4.42 Å². The SMILES string of the molecule is CCCNC(c1ccc(C)o1)c1ccc(C(C)(C)C)s1. The molecule has 20 heavy (non-hydrogen) atoms. The summed E-state index contributed by atoms with van der Waals surface area (Å²) in [6, 6.07) is 8.77. The topological polar surface area (TPSA) is 25.2 Å². The first-order valence-corrected chi connectivity index (χ1v) is 8.13. The fourth-order valence-corrected chi connectivity index (χ4v) is 3.30. The van der Waals surface area contributed by atoms with E-state index in [9.17, 15) is 0 Å². The van der Waals surface area contributed by atoms with Crippen LogP contribution in [0.1, 0.15) is 61.4 Å². The van der Waals surface area contributed by atoms with Gasteiger partial charge in [-0.2, -0.15) is 0 Å². The van der Waals surface area contributed by atoms with Crippen molar-refractivity contribution in [1.82, 2.24) is 5.32 Å². The maximum atomic E-state index is 5.84. The van der Waals surface area contributed by atoms with Crippen molar-refractivity contribution in [1.29, 1.82) is 0 Å². The predicted molar refractivity (Wildman–Crippen MR) is 86.6 cm³/mol. The fourth-order valence-electron chi connectivity index (χ4n) is 2.15. The molecule has 0 aliphatic heterocycles. The molecule has 2 nitrogen and oxygen atoms in total. The third-order valence-electron chi connectivity index (χ3n) is 3.29.